The fraction of sp³-hybridized carbons (Fsp3) is 0.267. The minimum atomic E-state index is -0.652. The molecule has 0 aliphatic heterocycles. The number of carbonyl (C=O) groups is 1. The summed E-state index contributed by atoms with van der Waals surface area (Å²) in [5.41, 5.74) is 9.88. The van der Waals surface area contributed by atoms with Gasteiger partial charge in [-0.1, -0.05) is 17.7 Å². The largest absolute Gasteiger partial charge is 0.356 e. The van der Waals surface area contributed by atoms with Crippen molar-refractivity contribution >= 4 is 34.8 Å². The summed E-state index contributed by atoms with van der Waals surface area (Å²) in [6.07, 6.45) is 1.13. The summed E-state index contributed by atoms with van der Waals surface area (Å²) in [7, 11) is 0. The number of anilines is 2. The first-order valence-corrected chi connectivity index (χ1v) is 7.89. The molecule has 1 amide bonds. The normalized spacial score (nSPS) is 10.9. The van der Waals surface area contributed by atoms with E-state index in [4.69, 9.17) is 11.6 Å². The van der Waals surface area contributed by atoms with E-state index in [-0.39, 0.29) is 22.7 Å². The number of hydrogen-bond donors (Lipinski definition) is 4. The van der Waals surface area contributed by atoms with Crippen LogP contribution in [0.15, 0.2) is 30.6 Å². The quantitative estimate of drug-likeness (QED) is 0.444. The molecule has 0 unspecified atom stereocenters. The molecule has 0 fully saturated rings. The third kappa shape index (κ3) is 5.26. The molecule has 0 aliphatic rings. The topological polar surface area (TPSA) is 134 Å². The van der Waals surface area contributed by atoms with Crippen LogP contribution in [-0.2, 0) is 0 Å². The number of rotatable bonds is 6. The highest BCUT2D eigenvalue weighted by Crippen LogP contribution is 2.28. The highest BCUT2D eigenvalue weighted by Gasteiger charge is 2.24. The van der Waals surface area contributed by atoms with Gasteiger partial charge in [0.05, 0.1) is 4.92 Å². The summed E-state index contributed by atoms with van der Waals surface area (Å²) in [6, 6.07) is 6.26. The lowest BCUT2D eigenvalue weighted by Crippen LogP contribution is -2.40. The highest BCUT2D eigenvalue weighted by molar-refractivity contribution is 6.30. The molecule has 2 aromatic rings. The Morgan fingerprint density at radius 2 is 1.85 bits per heavy atom. The van der Waals surface area contributed by atoms with Crippen molar-refractivity contribution in [2.24, 2.45) is 0 Å². The Labute approximate surface area is 154 Å². The average Bonchev–Trinajstić information content (AvgIpc) is 2.56. The van der Waals surface area contributed by atoms with Crippen molar-refractivity contribution in [3.05, 3.63) is 51.3 Å². The molecule has 1 aromatic carbocycles. The Hall–Kier alpha value is -2.98. The van der Waals surface area contributed by atoms with Crippen molar-refractivity contribution < 1.29 is 9.72 Å². The fourth-order valence-corrected chi connectivity index (χ4v) is 1.99. The summed E-state index contributed by atoms with van der Waals surface area (Å²) in [4.78, 5) is 30.6. The molecule has 138 valence electrons. The van der Waals surface area contributed by atoms with Crippen LogP contribution in [0.2, 0.25) is 5.02 Å². The van der Waals surface area contributed by atoms with Crippen LogP contribution in [0.1, 0.15) is 31.1 Å². The average molecular weight is 380 g/mol. The number of carbonyl (C=O) groups excluding carboxylic acids is 1. The second-order valence-corrected chi connectivity index (χ2v) is 6.70. The van der Waals surface area contributed by atoms with E-state index in [0.29, 0.717) is 5.02 Å². The molecule has 0 radical (unpaired) electrons. The van der Waals surface area contributed by atoms with Crippen LogP contribution in [-0.4, -0.2) is 26.3 Å². The number of benzene rings is 1. The lowest BCUT2D eigenvalue weighted by Gasteiger charge is -2.21. The second-order valence-electron chi connectivity index (χ2n) is 6.27. The predicted octanol–water partition coefficient (Wildman–Crippen LogP) is 2.51. The zero-order valence-corrected chi connectivity index (χ0v) is 15.1. The number of halogens is 1. The van der Waals surface area contributed by atoms with Gasteiger partial charge in [0.1, 0.15) is 6.33 Å². The lowest BCUT2D eigenvalue weighted by molar-refractivity contribution is -0.383. The van der Waals surface area contributed by atoms with Gasteiger partial charge in [-0.25, -0.2) is 15.4 Å². The van der Waals surface area contributed by atoms with E-state index in [1.807, 2.05) is 20.8 Å². The molecule has 26 heavy (non-hydrogen) atoms. The summed E-state index contributed by atoms with van der Waals surface area (Å²) >= 11 is 5.84. The molecule has 0 bridgehead atoms. The molecule has 0 saturated carbocycles. The van der Waals surface area contributed by atoms with Gasteiger partial charge >= 0.3 is 5.69 Å². The first kappa shape index (κ1) is 19.3. The monoisotopic (exact) mass is 379 g/mol. The van der Waals surface area contributed by atoms with Crippen LogP contribution in [0.25, 0.3) is 0 Å². The van der Waals surface area contributed by atoms with Gasteiger partial charge in [0.15, 0.2) is 0 Å². The van der Waals surface area contributed by atoms with E-state index in [1.165, 1.54) is 6.07 Å². The van der Waals surface area contributed by atoms with Crippen LogP contribution in [0.5, 0.6) is 0 Å². The van der Waals surface area contributed by atoms with Gasteiger partial charge in [-0.15, -0.1) is 0 Å². The minimum Gasteiger partial charge on any atom is -0.299 e. The molecule has 4 N–H and O–H groups in total. The van der Waals surface area contributed by atoms with Crippen molar-refractivity contribution in [2.75, 3.05) is 10.9 Å². The first-order valence-electron chi connectivity index (χ1n) is 7.52. The molecule has 0 atom stereocenters. The molecular formula is C15H18ClN7O3. The third-order valence-electron chi connectivity index (χ3n) is 2.94. The maximum Gasteiger partial charge on any atom is 0.356 e. The molecular weight excluding hydrogens is 362 g/mol. The number of nitrogens with zero attached hydrogens (tertiary/aromatic N) is 3. The maximum atomic E-state index is 12.1. The van der Waals surface area contributed by atoms with Crippen LogP contribution >= 0.6 is 11.6 Å². The minimum absolute atomic E-state index is 0.0422. The van der Waals surface area contributed by atoms with Gasteiger partial charge in [-0.3, -0.25) is 31.2 Å². The van der Waals surface area contributed by atoms with Crippen molar-refractivity contribution in [2.45, 2.75) is 26.3 Å². The standard InChI is InChI=1S/C15H18ClN7O3/c1-15(2,3)22-20-13-11(23(25)26)12(17-8-18-13)19-21-14(24)9-5-4-6-10(16)7-9/h4-8,22H,1-3H3,(H,21,24)(H2,17,18,19,20). The molecule has 2 rings (SSSR count). The van der Waals surface area contributed by atoms with E-state index in [9.17, 15) is 14.9 Å². The number of hydrazine groups is 2. The van der Waals surface area contributed by atoms with Gasteiger partial charge < -0.3 is 0 Å². The third-order valence-corrected chi connectivity index (χ3v) is 3.18. The summed E-state index contributed by atoms with van der Waals surface area (Å²) in [5.74, 6) is -0.735. The summed E-state index contributed by atoms with van der Waals surface area (Å²) < 4.78 is 0. The highest BCUT2D eigenvalue weighted by atomic mass is 35.5. The number of nitro groups is 1. The molecule has 0 aliphatic carbocycles. The van der Waals surface area contributed by atoms with E-state index in [0.717, 1.165) is 6.33 Å². The van der Waals surface area contributed by atoms with Crippen molar-refractivity contribution in [3.63, 3.8) is 0 Å². The van der Waals surface area contributed by atoms with Crippen LogP contribution in [0.3, 0.4) is 0 Å². The van der Waals surface area contributed by atoms with Crippen molar-refractivity contribution in [1.29, 1.82) is 0 Å². The Balaban J connectivity index is 2.18. The predicted molar refractivity (Wildman–Crippen MR) is 97.7 cm³/mol. The van der Waals surface area contributed by atoms with Gasteiger partial charge in [0, 0.05) is 16.1 Å². The SMILES string of the molecule is CC(C)(C)NNc1ncnc(NNC(=O)c2cccc(Cl)c2)c1[N+](=O)[O-]. The van der Waals surface area contributed by atoms with Gasteiger partial charge in [0.2, 0.25) is 11.6 Å². The van der Waals surface area contributed by atoms with E-state index in [2.05, 4.69) is 31.7 Å². The van der Waals surface area contributed by atoms with Crippen molar-refractivity contribution in [3.8, 4) is 0 Å². The van der Waals surface area contributed by atoms with Crippen LogP contribution in [0, 0.1) is 10.1 Å². The fourth-order valence-electron chi connectivity index (χ4n) is 1.80. The van der Waals surface area contributed by atoms with E-state index >= 15 is 0 Å². The smallest absolute Gasteiger partial charge is 0.299 e. The molecule has 1 heterocycles. The number of amides is 1. The molecule has 0 saturated heterocycles. The van der Waals surface area contributed by atoms with Gasteiger partial charge in [0.25, 0.3) is 5.91 Å². The van der Waals surface area contributed by atoms with E-state index < -0.39 is 16.5 Å². The number of hydrogen-bond acceptors (Lipinski definition) is 8. The Kier molecular flexibility index (Phi) is 5.90. The number of aromatic nitrogens is 2. The number of nitrogens with one attached hydrogen (secondary N) is 4. The second kappa shape index (κ2) is 7.93. The molecule has 0 spiro atoms. The lowest BCUT2D eigenvalue weighted by atomic mass is 10.1. The van der Waals surface area contributed by atoms with Gasteiger partial charge in [-0.05, 0) is 39.0 Å². The Bertz CT molecular complexity index is 823. The first-order chi connectivity index (χ1) is 12.2. The zero-order chi connectivity index (χ0) is 19.3. The zero-order valence-electron chi connectivity index (χ0n) is 14.3. The molecule has 11 heteroatoms. The maximum absolute atomic E-state index is 12.1. The summed E-state index contributed by atoms with van der Waals surface area (Å²) in [6.45, 7) is 5.62. The molecule has 1 aromatic heterocycles. The van der Waals surface area contributed by atoms with Crippen LogP contribution in [0.4, 0.5) is 17.3 Å². The van der Waals surface area contributed by atoms with Gasteiger partial charge in [-0.2, -0.15) is 0 Å². The Morgan fingerprint density at radius 1 is 1.19 bits per heavy atom. The Morgan fingerprint density at radius 3 is 2.42 bits per heavy atom. The van der Waals surface area contributed by atoms with E-state index in [1.54, 1.807) is 18.2 Å². The van der Waals surface area contributed by atoms with Crippen molar-refractivity contribution in [1.82, 2.24) is 20.8 Å². The molecule has 10 nitrogen and oxygen atoms in total. The van der Waals surface area contributed by atoms with Crippen LogP contribution < -0.4 is 21.7 Å². The summed E-state index contributed by atoms with van der Waals surface area (Å²) in [5, 5.41) is 11.8.